The van der Waals surface area contributed by atoms with Crippen LogP contribution in [0.2, 0.25) is 0 Å². The molecule has 23 nitrogen and oxygen atoms in total. The molecule has 10 amide bonds. The number of benzene rings is 2. The third-order valence-electron chi connectivity index (χ3n) is 13.5. The van der Waals surface area contributed by atoms with Crippen LogP contribution >= 0.6 is 0 Å². The van der Waals surface area contributed by atoms with E-state index in [9.17, 15) is 47.9 Å². The second-order valence-corrected chi connectivity index (χ2v) is 21.6. The van der Waals surface area contributed by atoms with Gasteiger partial charge in [-0.05, 0) is 69.1 Å². The average molecular weight is 1110 g/mol. The number of nitrogens with one attached hydrogen (secondary N) is 10. The van der Waals surface area contributed by atoms with E-state index in [2.05, 4.69) is 64.4 Å². The normalized spacial score (nSPS) is 14.1. The number of nitrogens with two attached hydrogens (primary N) is 2. The average Bonchev–Trinajstić information content (AvgIpc) is 4.08. The number of para-hydroxylation sites is 1. The van der Waals surface area contributed by atoms with E-state index in [0.717, 1.165) is 42.1 Å². The van der Waals surface area contributed by atoms with Crippen LogP contribution in [0.5, 0.6) is 0 Å². The molecule has 436 valence electrons. The highest BCUT2D eigenvalue weighted by atomic mass is 16.2. The van der Waals surface area contributed by atoms with Gasteiger partial charge in [-0.15, -0.1) is 0 Å². The predicted molar refractivity (Wildman–Crippen MR) is 301 cm³/mol. The van der Waals surface area contributed by atoms with Gasteiger partial charge in [-0.1, -0.05) is 109 Å². The summed E-state index contributed by atoms with van der Waals surface area (Å²) in [6, 6.07) is 7.51. The Labute approximate surface area is 467 Å². The van der Waals surface area contributed by atoms with E-state index in [1.807, 2.05) is 38.1 Å². The van der Waals surface area contributed by atoms with Crippen molar-refractivity contribution in [2.24, 2.45) is 23.3 Å². The summed E-state index contributed by atoms with van der Waals surface area (Å²) < 4.78 is 0. The van der Waals surface area contributed by atoms with Gasteiger partial charge in [-0.25, -0.2) is 4.98 Å². The molecule has 0 fully saturated rings. The van der Waals surface area contributed by atoms with Gasteiger partial charge in [0.25, 0.3) is 0 Å². The van der Waals surface area contributed by atoms with Crippen LogP contribution in [0.3, 0.4) is 0 Å². The molecule has 0 aliphatic rings. The summed E-state index contributed by atoms with van der Waals surface area (Å²) in [5, 5.41) is 22.3. The maximum Gasteiger partial charge on any atom is 0.245 e. The lowest BCUT2D eigenvalue weighted by Gasteiger charge is -2.31. The lowest BCUT2D eigenvalue weighted by atomic mass is 9.98. The van der Waals surface area contributed by atoms with Gasteiger partial charge in [0.2, 0.25) is 59.1 Å². The van der Waals surface area contributed by atoms with Crippen molar-refractivity contribution in [1.82, 2.24) is 57.5 Å². The maximum absolute atomic E-state index is 14.4. The molecule has 4 rings (SSSR count). The number of fused-ring (bicyclic) bond motifs is 1. The molecule has 0 aliphatic heterocycles. The Bertz CT molecular complexity index is 2730. The van der Waals surface area contributed by atoms with Crippen molar-refractivity contribution in [3.63, 3.8) is 0 Å². The van der Waals surface area contributed by atoms with Gasteiger partial charge < -0.3 is 64.0 Å². The molecule has 0 spiro atoms. The van der Waals surface area contributed by atoms with Crippen molar-refractivity contribution in [3.8, 4) is 0 Å². The summed E-state index contributed by atoms with van der Waals surface area (Å²) in [6.07, 6.45) is 8.85. The summed E-state index contributed by atoms with van der Waals surface area (Å²) >= 11 is 0. The molecule has 23 heteroatoms. The Kier molecular flexibility index (Phi) is 25.3. The van der Waals surface area contributed by atoms with E-state index >= 15 is 0 Å². The number of carbonyl (C=O) groups excluding carboxylic acids is 10. The molecular weight excluding hydrogens is 1030 g/mol. The van der Waals surface area contributed by atoms with Crippen LogP contribution in [0.1, 0.15) is 130 Å². The zero-order valence-corrected chi connectivity index (χ0v) is 47.3. The van der Waals surface area contributed by atoms with Crippen LogP contribution in [0.25, 0.3) is 10.9 Å². The molecule has 0 saturated carbocycles. The summed E-state index contributed by atoms with van der Waals surface area (Å²) in [7, 11) is 0. The number of aromatic nitrogens is 3. The van der Waals surface area contributed by atoms with E-state index in [0.29, 0.717) is 17.7 Å². The molecule has 2 aromatic carbocycles. The quantitative estimate of drug-likeness (QED) is 0.0300. The van der Waals surface area contributed by atoms with Crippen LogP contribution in [-0.4, -0.2) is 122 Å². The highest BCUT2D eigenvalue weighted by Crippen LogP contribution is 2.20. The summed E-state index contributed by atoms with van der Waals surface area (Å²) in [5.74, 6) is -7.83. The number of hydrogen-bond acceptors (Lipinski definition) is 11. The number of hydrogen-bond donors (Lipinski definition) is 12. The van der Waals surface area contributed by atoms with Crippen LogP contribution in [0, 0.1) is 11.8 Å². The van der Waals surface area contributed by atoms with Crippen molar-refractivity contribution in [2.75, 3.05) is 0 Å². The van der Waals surface area contributed by atoms with Crippen LogP contribution in [-0.2, 0) is 67.2 Å². The number of primary amides is 2. The highest BCUT2D eigenvalue weighted by molar-refractivity contribution is 5.99. The zero-order chi connectivity index (χ0) is 59.1. The molecule has 2 aromatic heterocycles. The first-order chi connectivity index (χ1) is 37.9. The summed E-state index contributed by atoms with van der Waals surface area (Å²) in [6.45, 7) is 13.3. The number of unbranched alkanes of at least 4 members (excludes halogenated alkanes) is 4. The van der Waals surface area contributed by atoms with Crippen molar-refractivity contribution >= 4 is 70.0 Å². The minimum atomic E-state index is -1.69. The van der Waals surface area contributed by atoms with Gasteiger partial charge in [0, 0.05) is 61.1 Å². The molecule has 0 saturated heterocycles. The largest absolute Gasteiger partial charge is 0.370 e. The van der Waals surface area contributed by atoms with Crippen molar-refractivity contribution in [1.29, 1.82) is 0 Å². The second kappa shape index (κ2) is 31.5. The number of aromatic amines is 2. The Morgan fingerprint density at radius 1 is 0.600 bits per heavy atom. The molecule has 4 aromatic rings. The zero-order valence-electron chi connectivity index (χ0n) is 47.3. The molecule has 14 N–H and O–H groups in total. The summed E-state index contributed by atoms with van der Waals surface area (Å²) in [4.78, 5) is 146. The van der Waals surface area contributed by atoms with Gasteiger partial charge in [0.05, 0.1) is 6.33 Å². The molecule has 80 heavy (non-hydrogen) atoms. The number of H-pyrrole nitrogens is 2. The van der Waals surface area contributed by atoms with E-state index in [1.54, 1.807) is 50.4 Å². The van der Waals surface area contributed by atoms with Crippen molar-refractivity contribution < 1.29 is 47.9 Å². The van der Waals surface area contributed by atoms with E-state index in [-0.39, 0.29) is 56.8 Å². The standard InChI is InChI=1S/C57H83N13O10/c1-9-10-11-12-16-23-47(72)64-43(27-36-19-14-13-15-20-36)53(77)65-41(24-25-46(58)71)51(75)67-44(28-37-30-61-40-22-18-17-21-39(37)40)52(76)63-35(6)50(74)69-48(34(4)5)55(79)70-57(7,8)56(80)68-45(29-38-31-60-32-62-38)54(78)66-42(49(59)73)26-33(2)3/h13-15,17-22,30-35,41-45,48,61H,9-12,16,23-29H2,1-8H3,(H2,58,71)(H2,59,73)(H,60,62)(H,63,76)(H,64,72)(H,65,77)(H,66,78)(H,67,75)(H,68,80)(H,69,74)(H,70,79). The monoisotopic (exact) mass is 1110 g/mol. The Hall–Kier alpha value is -8.11. The first-order valence-electron chi connectivity index (χ1n) is 27.5. The van der Waals surface area contributed by atoms with Gasteiger partial charge in [-0.3, -0.25) is 47.9 Å². The minimum absolute atomic E-state index is 0.00141. The number of carbonyl (C=O) groups is 10. The number of imidazole rings is 1. The Balaban J connectivity index is 1.53. The van der Waals surface area contributed by atoms with Gasteiger partial charge >= 0.3 is 0 Å². The molecule has 7 atom stereocenters. The van der Waals surface area contributed by atoms with E-state index in [4.69, 9.17) is 11.5 Å². The van der Waals surface area contributed by atoms with Crippen molar-refractivity contribution in [2.45, 2.75) is 180 Å². The summed E-state index contributed by atoms with van der Waals surface area (Å²) in [5.41, 5.74) is 12.0. The molecular formula is C57H83N13O10. The minimum Gasteiger partial charge on any atom is -0.370 e. The van der Waals surface area contributed by atoms with E-state index < -0.39 is 107 Å². The second-order valence-electron chi connectivity index (χ2n) is 21.6. The van der Waals surface area contributed by atoms with Crippen LogP contribution in [0.4, 0.5) is 0 Å². The molecule has 0 bridgehead atoms. The Morgan fingerprint density at radius 2 is 1.20 bits per heavy atom. The van der Waals surface area contributed by atoms with Crippen molar-refractivity contribution in [3.05, 3.63) is 90.1 Å². The van der Waals surface area contributed by atoms with Gasteiger partial charge in [-0.2, -0.15) is 0 Å². The van der Waals surface area contributed by atoms with Crippen LogP contribution in [0.15, 0.2) is 73.3 Å². The van der Waals surface area contributed by atoms with Gasteiger partial charge in [0.1, 0.15) is 47.8 Å². The third kappa shape index (κ3) is 20.9. The Morgan fingerprint density at radius 3 is 1.82 bits per heavy atom. The topological polar surface area (TPSA) is 363 Å². The fourth-order valence-corrected chi connectivity index (χ4v) is 8.83. The maximum atomic E-state index is 14.4. The smallest absolute Gasteiger partial charge is 0.245 e. The SMILES string of the molecule is CCCCCCCC(=O)NC(Cc1ccccc1)C(=O)NC(CCC(N)=O)C(=O)NC(Cc1c[nH]c2ccccc12)C(=O)NC(C)C(=O)NC(C(=O)NC(C)(C)C(=O)NC(Cc1cnc[nH]1)C(=O)NC(CC(C)C)C(N)=O)C(C)C. The fraction of sp³-hybridized carbons (Fsp3) is 0.526. The predicted octanol–water partition coefficient (Wildman–Crippen LogP) is 2.04. The first kappa shape index (κ1) is 64.4. The molecule has 0 aliphatic carbocycles. The number of rotatable bonds is 34. The van der Waals surface area contributed by atoms with E-state index in [1.165, 1.54) is 33.3 Å². The van der Waals surface area contributed by atoms with Crippen LogP contribution < -0.4 is 54.0 Å². The fourth-order valence-electron chi connectivity index (χ4n) is 8.83. The lowest BCUT2D eigenvalue weighted by Crippen LogP contribution is -2.64. The molecule has 0 radical (unpaired) electrons. The lowest BCUT2D eigenvalue weighted by molar-refractivity contribution is -0.138. The highest BCUT2D eigenvalue weighted by Gasteiger charge is 2.38. The third-order valence-corrected chi connectivity index (χ3v) is 13.5. The molecule has 7 unspecified atom stereocenters. The van der Waals surface area contributed by atoms with Gasteiger partial charge in [0.15, 0.2) is 0 Å². The number of amides is 10. The number of nitrogens with zero attached hydrogens (tertiary/aromatic N) is 1. The first-order valence-corrected chi connectivity index (χ1v) is 27.5. The molecule has 2 heterocycles.